The fourth-order valence-corrected chi connectivity index (χ4v) is 3.27. The highest BCUT2D eigenvalue weighted by atomic mass is 32.2. The molecule has 0 aromatic rings. The summed E-state index contributed by atoms with van der Waals surface area (Å²) in [6.45, 7) is 6.13. The molecule has 14 heavy (non-hydrogen) atoms. The van der Waals surface area contributed by atoms with Crippen LogP contribution in [0, 0.1) is 5.92 Å². The number of rotatable bonds is 3. The second kappa shape index (κ2) is 4.16. The quantitative estimate of drug-likeness (QED) is 0.691. The van der Waals surface area contributed by atoms with Gasteiger partial charge in [-0.3, -0.25) is 0 Å². The zero-order valence-electron chi connectivity index (χ0n) is 8.90. The molecule has 1 heterocycles. The molecular formula is C9H19NO3S. The fourth-order valence-electron chi connectivity index (χ4n) is 1.52. The van der Waals surface area contributed by atoms with Crippen LogP contribution in [0.4, 0.5) is 0 Å². The summed E-state index contributed by atoms with van der Waals surface area (Å²) in [6.07, 6.45) is -0.749. The van der Waals surface area contributed by atoms with Gasteiger partial charge in [-0.25, -0.2) is 8.42 Å². The number of nitrogens with one attached hydrogen (secondary N) is 1. The van der Waals surface area contributed by atoms with Gasteiger partial charge in [0, 0.05) is 12.1 Å². The molecule has 0 radical (unpaired) electrons. The van der Waals surface area contributed by atoms with E-state index in [0.717, 1.165) is 0 Å². The van der Waals surface area contributed by atoms with Crippen molar-refractivity contribution >= 4 is 9.84 Å². The number of hydrogen-bond acceptors (Lipinski definition) is 4. The van der Waals surface area contributed by atoms with Crippen LogP contribution in [0.2, 0.25) is 0 Å². The van der Waals surface area contributed by atoms with Crippen molar-refractivity contribution in [2.75, 3.05) is 11.5 Å². The van der Waals surface area contributed by atoms with E-state index in [0.29, 0.717) is 5.92 Å². The fraction of sp³-hybridized carbons (Fsp3) is 1.00. The minimum atomic E-state index is -3.03. The van der Waals surface area contributed by atoms with E-state index in [1.54, 1.807) is 0 Å². The predicted octanol–water partition coefficient (Wildman–Crippen LogP) is -0.222. The first kappa shape index (κ1) is 11.9. The average Bonchev–Trinajstić information content (AvgIpc) is 2.24. The first-order valence-corrected chi connectivity index (χ1v) is 6.78. The first-order valence-electron chi connectivity index (χ1n) is 4.96. The van der Waals surface area contributed by atoms with Crippen molar-refractivity contribution < 1.29 is 13.5 Å². The van der Waals surface area contributed by atoms with E-state index in [4.69, 9.17) is 0 Å². The molecule has 1 rings (SSSR count). The van der Waals surface area contributed by atoms with Crippen LogP contribution in [0.15, 0.2) is 0 Å². The maximum absolute atomic E-state index is 11.2. The Kier molecular flexibility index (Phi) is 3.55. The molecule has 1 aliphatic heterocycles. The second-order valence-corrected chi connectivity index (χ2v) is 6.60. The molecule has 1 aliphatic rings. The average molecular weight is 221 g/mol. The first-order chi connectivity index (χ1) is 6.32. The Bertz CT molecular complexity index is 286. The lowest BCUT2D eigenvalue weighted by molar-refractivity contribution is 0.155. The van der Waals surface area contributed by atoms with Gasteiger partial charge in [-0.1, -0.05) is 13.8 Å². The SMILES string of the molecule is CC(C)C(C)NC1CS(=O)(=O)CC1O. The maximum atomic E-state index is 11.2. The van der Waals surface area contributed by atoms with E-state index in [1.807, 2.05) is 6.92 Å². The third kappa shape index (κ3) is 2.93. The number of hydrogen-bond donors (Lipinski definition) is 2. The lowest BCUT2D eigenvalue weighted by atomic mass is 10.0. The van der Waals surface area contributed by atoms with Crippen LogP contribution in [0.5, 0.6) is 0 Å². The molecule has 0 amide bonds. The molecule has 0 aromatic carbocycles. The molecular weight excluding hydrogens is 202 g/mol. The summed E-state index contributed by atoms with van der Waals surface area (Å²) in [5.41, 5.74) is 0. The lowest BCUT2D eigenvalue weighted by Crippen LogP contribution is -2.45. The van der Waals surface area contributed by atoms with Crippen LogP contribution in [0.3, 0.4) is 0 Å². The molecule has 84 valence electrons. The highest BCUT2D eigenvalue weighted by Gasteiger charge is 2.36. The van der Waals surface area contributed by atoms with Crippen LogP contribution < -0.4 is 5.32 Å². The van der Waals surface area contributed by atoms with Gasteiger partial charge in [0.25, 0.3) is 0 Å². The molecule has 1 fully saturated rings. The van der Waals surface area contributed by atoms with Crippen molar-refractivity contribution in [2.45, 2.75) is 39.0 Å². The van der Waals surface area contributed by atoms with E-state index in [9.17, 15) is 13.5 Å². The molecule has 5 heteroatoms. The van der Waals surface area contributed by atoms with E-state index >= 15 is 0 Å². The minimum absolute atomic E-state index is 0.0607. The van der Waals surface area contributed by atoms with E-state index in [-0.39, 0.29) is 23.6 Å². The van der Waals surface area contributed by atoms with Gasteiger partial charge in [0.05, 0.1) is 17.6 Å². The number of sulfone groups is 1. The zero-order chi connectivity index (χ0) is 10.9. The summed E-state index contributed by atoms with van der Waals surface area (Å²) < 4.78 is 22.4. The molecule has 0 aromatic heterocycles. The molecule has 1 saturated heterocycles. The summed E-state index contributed by atoms with van der Waals surface area (Å²) in [6, 6.07) is -0.0691. The summed E-state index contributed by atoms with van der Waals surface area (Å²) in [4.78, 5) is 0. The van der Waals surface area contributed by atoms with Crippen molar-refractivity contribution in [2.24, 2.45) is 5.92 Å². The van der Waals surface area contributed by atoms with Crippen molar-refractivity contribution in [3.8, 4) is 0 Å². The third-order valence-corrected chi connectivity index (χ3v) is 4.52. The molecule has 2 N–H and O–H groups in total. The van der Waals surface area contributed by atoms with E-state index < -0.39 is 15.9 Å². The Morgan fingerprint density at radius 3 is 2.21 bits per heavy atom. The molecule has 4 nitrogen and oxygen atoms in total. The number of aliphatic hydroxyl groups is 1. The van der Waals surface area contributed by atoms with Gasteiger partial charge >= 0.3 is 0 Å². The van der Waals surface area contributed by atoms with Crippen LogP contribution in [0.25, 0.3) is 0 Å². The van der Waals surface area contributed by atoms with Gasteiger partial charge in [0.15, 0.2) is 9.84 Å². The largest absolute Gasteiger partial charge is 0.390 e. The van der Waals surface area contributed by atoms with Gasteiger partial charge < -0.3 is 10.4 Å². The Hall–Kier alpha value is -0.130. The second-order valence-electron chi connectivity index (χ2n) is 4.45. The Balaban J connectivity index is 2.55. The van der Waals surface area contributed by atoms with Crippen LogP contribution in [0.1, 0.15) is 20.8 Å². The highest BCUT2D eigenvalue weighted by molar-refractivity contribution is 7.91. The molecule has 0 spiro atoms. The topological polar surface area (TPSA) is 66.4 Å². The highest BCUT2D eigenvalue weighted by Crippen LogP contribution is 2.14. The molecule has 3 atom stereocenters. The summed E-state index contributed by atoms with van der Waals surface area (Å²) >= 11 is 0. The standard InChI is InChI=1S/C9H19NO3S/c1-6(2)7(3)10-8-4-14(12,13)5-9(8)11/h6-11H,4-5H2,1-3H3. The Morgan fingerprint density at radius 2 is 1.86 bits per heavy atom. The summed E-state index contributed by atoms with van der Waals surface area (Å²) in [5.74, 6) is 0.395. The smallest absolute Gasteiger partial charge is 0.154 e. The minimum Gasteiger partial charge on any atom is -0.390 e. The van der Waals surface area contributed by atoms with Crippen molar-refractivity contribution in [1.82, 2.24) is 5.32 Å². The predicted molar refractivity (Wildman–Crippen MR) is 55.9 cm³/mol. The normalized spacial score (nSPS) is 33.5. The van der Waals surface area contributed by atoms with E-state index in [2.05, 4.69) is 19.2 Å². The van der Waals surface area contributed by atoms with Crippen molar-refractivity contribution in [1.29, 1.82) is 0 Å². The van der Waals surface area contributed by atoms with Crippen LogP contribution in [-0.2, 0) is 9.84 Å². The lowest BCUT2D eigenvalue weighted by Gasteiger charge is -2.23. The van der Waals surface area contributed by atoms with Gasteiger partial charge in [-0.15, -0.1) is 0 Å². The zero-order valence-corrected chi connectivity index (χ0v) is 9.71. The third-order valence-electron chi connectivity index (χ3n) is 2.80. The van der Waals surface area contributed by atoms with Crippen molar-refractivity contribution in [3.05, 3.63) is 0 Å². The monoisotopic (exact) mass is 221 g/mol. The molecule has 3 unspecified atom stereocenters. The Morgan fingerprint density at radius 1 is 1.29 bits per heavy atom. The van der Waals surface area contributed by atoms with Crippen molar-refractivity contribution in [3.63, 3.8) is 0 Å². The molecule has 0 saturated carbocycles. The van der Waals surface area contributed by atoms with Gasteiger partial charge in [-0.2, -0.15) is 0 Å². The maximum Gasteiger partial charge on any atom is 0.154 e. The summed E-state index contributed by atoms with van der Waals surface area (Å²) in [7, 11) is -3.03. The van der Waals surface area contributed by atoms with E-state index in [1.165, 1.54) is 0 Å². The Labute approximate surface area is 85.6 Å². The van der Waals surface area contributed by atoms with Crippen LogP contribution >= 0.6 is 0 Å². The summed E-state index contributed by atoms with van der Waals surface area (Å²) in [5, 5.41) is 12.7. The van der Waals surface area contributed by atoms with Crippen LogP contribution in [-0.4, -0.2) is 43.2 Å². The van der Waals surface area contributed by atoms with Gasteiger partial charge in [-0.05, 0) is 12.8 Å². The molecule has 0 aliphatic carbocycles. The van der Waals surface area contributed by atoms with Gasteiger partial charge in [0.2, 0.25) is 0 Å². The van der Waals surface area contributed by atoms with Gasteiger partial charge in [0.1, 0.15) is 0 Å². The molecule has 0 bridgehead atoms. The number of aliphatic hydroxyl groups excluding tert-OH is 1.